The third-order valence-corrected chi connectivity index (χ3v) is 9.90. The predicted octanol–water partition coefficient (Wildman–Crippen LogP) is 15.8. The summed E-state index contributed by atoms with van der Waals surface area (Å²) < 4.78 is 16.7. The molecule has 0 saturated carbocycles. The minimum atomic E-state index is -0.800. The smallest absolute Gasteiger partial charge is 0.306 e. The molecule has 0 amide bonds. The molecule has 0 aliphatic carbocycles. The number of allylic oxidation sites excluding steroid dienone is 16. The standard InChI is InChI=1S/C54H88O6/c1-4-7-10-13-16-19-22-25-26-27-28-29-30-33-35-38-41-44-47-53(56)59-50-51(60-54(57)48-45-42-39-36-32-24-21-18-15-12-9-6-3)49-58-52(55)46-43-40-37-34-31-23-20-17-14-11-8-5-2/h8-9,11-12,16-22,25-29,51H,4-7,10,13-15,23-24,30-50H2,1-3H3/b11-8-,12-9-,19-16-,20-17-,21-18-,25-22-,27-26-,29-28-. The van der Waals surface area contributed by atoms with E-state index in [1.807, 2.05) is 0 Å². The van der Waals surface area contributed by atoms with E-state index in [4.69, 9.17) is 14.2 Å². The highest BCUT2D eigenvalue weighted by Gasteiger charge is 2.19. The molecule has 0 aliphatic rings. The highest BCUT2D eigenvalue weighted by atomic mass is 16.6. The third kappa shape index (κ3) is 45.4. The fraction of sp³-hybridized carbons (Fsp3) is 0.648. The largest absolute Gasteiger partial charge is 0.462 e. The molecular weight excluding hydrogens is 745 g/mol. The van der Waals surface area contributed by atoms with E-state index in [2.05, 4.69) is 118 Å². The van der Waals surface area contributed by atoms with Crippen LogP contribution >= 0.6 is 0 Å². The molecule has 1 atom stereocenters. The molecule has 0 heterocycles. The van der Waals surface area contributed by atoms with Crippen LogP contribution < -0.4 is 0 Å². The highest BCUT2D eigenvalue weighted by Crippen LogP contribution is 2.13. The number of esters is 3. The van der Waals surface area contributed by atoms with Crippen LogP contribution in [0.15, 0.2) is 97.2 Å². The molecule has 0 radical (unpaired) electrons. The molecule has 0 aromatic heterocycles. The van der Waals surface area contributed by atoms with E-state index in [0.717, 1.165) is 148 Å². The average Bonchev–Trinajstić information content (AvgIpc) is 3.24. The van der Waals surface area contributed by atoms with Gasteiger partial charge in [-0.2, -0.15) is 0 Å². The molecule has 1 unspecified atom stereocenters. The summed E-state index contributed by atoms with van der Waals surface area (Å²) in [4.78, 5) is 37.8. The first-order valence-electron chi connectivity index (χ1n) is 24.3. The molecule has 0 fully saturated rings. The lowest BCUT2D eigenvalue weighted by atomic mass is 10.1. The zero-order valence-corrected chi connectivity index (χ0v) is 38.7. The van der Waals surface area contributed by atoms with Crippen LogP contribution in [-0.4, -0.2) is 37.2 Å². The van der Waals surface area contributed by atoms with Crippen LogP contribution in [-0.2, 0) is 28.6 Å². The van der Waals surface area contributed by atoms with Crippen molar-refractivity contribution < 1.29 is 28.6 Å². The van der Waals surface area contributed by atoms with E-state index in [1.54, 1.807) is 0 Å². The second-order valence-corrected chi connectivity index (χ2v) is 15.7. The third-order valence-electron chi connectivity index (χ3n) is 9.90. The van der Waals surface area contributed by atoms with E-state index in [1.165, 1.54) is 19.3 Å². The van der Waals surface area contributed by atoms with Crippen molar-refractivity contribution >= 4 is 17.9 Å². The Labute approximate surface area is 368 Å². The lowest BCUT2D eigenvalue weighted by Crippen LogP contribution is -2.30. The van der Waals surface area contributed by atoms with Crippen molar-refractivity contribution in [3.8, 4) is 0 Å². The van der Waals surface area contributed by atoms with E-state index in [-0.39, 0.29) is 31.1 Å². The summed E-state index contributed by atoms with van der Waals surface area (Å²) in [5.74, 6) is -0.960. The van der Waals surface area contributed by atoms with Gasteiger partial charge in [-0.1, -0.05) is 189 Å². The van der Waals surface area contributed by atoms with Crippen molar-refractivity contribution in [3.63, 3.8) is 0 Å². The number of unbranched alkanes of at least 4 members (excludes halogenated alkanes) is 18. The molecular formula is C54H88O6. The molecule has 340 valence electrons. The van der Waals surface area contributed by atoms with Crippen molar-refractivity contribution in [2.24, 2.45) is 0 Å². The van der Waals surface area contributed by atoms with Gasteiger partial charge in [0.25, 0.3) is 0 Å². The first-order chi connectivity index (χ1) is 29.5. The van der Waals surface area contributed by atoms with Gasteiger partial charge in [0.05, 0.1) is 0 Å². The lowest BCUT2D eigenvalue weighted by Gasteiger charge is -2.18. The van der Waals surface area contributed by atoms with Gasteiger partial charge >= 0.3 is 17.9 Å². The monoisotopic (exact) mass is 833 g/mol. The number of hydrogen-bond donors (Lipinski definition) is 0. The minimum Gasteiger partial charge on any atom is -0.462 e. The minimum absolute atomic E-state index is 0.100. The zero-order valence-electron chi connectivity index (χ0n) is 38.7. The zero-order chi connectivity index (χ0) is 43.7. The van der Waals surface area contributed by atoms with Gasteiger partial charge in [0.2, 0.25) is 0 Å². The van der Waals surface area contributed by atoms with Gasteiger partial charge < -0.3 is 14.2 Å². The van der Waals surface area contributed by atoms with Crippen LogP contribution in [0.4, 0.5) is 0 Å². The molecule has 0 aromatic carbocycles. The van der Waals surface area contributed by atoms with Crippen molar-refractivity contribution in [1.29, 1.82) is 0 Å². The summed E-state index contributed by atoms with van der Waals surface area (Å²) in [6.45, 7) is 6.31. The second-order valence-electron chi connectivity index (χ2n) is 15.7. The topological polar surface area (TPSA) is 78.9 Å². The van der Waals surface area contributed by atoms with E-state index < -0.39 is 6.10 Å². The van der Waals surface area contributed by atoms with Crippen molar-refractivity contribution in [2.75, 3.05) is 13.2 Å². The van der Waals surface area contributed by atoms with Gasteiger partial charge in [-0.3, -0.25) is 14.4 Å². The van der Waals surface area contributed by atoms with Gasteiger partial charge in [-0.25, -0.2) is 0 Å². The molecule has 0 spiro atoms. The summed E-state index contributed by atoms with van der Waals surface area (Å²) in [7, 11) is 0. The first kappa shape index (κ1) is 56.3. The molecule has 6 heteroatoms. The molecule has 0 bridgehead atoms. The van der Waals surface area contributed by atoms with E-state index in [9.17, 15) is 14.4 Å². The Hall–Kier alpha value is -3.67. The van der Waals surface area contributed by atoms with Gasteiger partial charge in [0.1, 0.15) is 13.2 Å². The normalized spacial score (nSPS) is 12.9. The lowest BCUT2D eigenvalue weighted by molar-refractivity contribution is -0.167. The Morgan fingerprint density at radius 1 is 0.367 bits per heavy atom. The molecule has 60 heavy (non-hydrogen) atoms. The maximum Gasteiger partial charge on any atom is 0.306 e. The van der Waals surface area contributed by atoms with Crippen molar-refractivity contribution in [2.45, 2.75) is 213 Å². The summed E-state index contributed by atoms with van der Waals surface area (Å²) >= 11 is 0. The predicted molar refractivity (Wildman–Crippen MR) is 256 cm³/mol. The van der Waals surface area contributed by atoms with Crippen LogP contribution in [0, 0.1) is 0 Å². The van der Waals surface area contributed by atoms with Crippen LogP contribution in [0.5, 0.6) is 0 Å². The van der Waals surface area contributed by atoms with E-state index in [0.29, 0.717) is 19.3 Å². The molecule has 0 rings (SSSR count). The molecule has 0 aliphatic heterocycles. The van der Waals surface area contributed by atoms with Crippen LogP contribution in [0.25, 0.3) is 0 Å². The van der Waals surface area contributed by atoms with Gasteiger partial charge in [-0.05, 0) is 96.3 Å². The second kappa shape index (κ2) is 48.0. The Morgan fingerprint density at radius 3 is 1.15 bits per heavy atom. The number of carbonyl (C=O) groups is 3. The molecule has 0 N–H and O–H groups in total. The quantitative estimate of drug-likeness (QED) is 0.0200. The summed E-state index contributed by atoms with van der Waals surface area (Å²) in [6.07, 6.45) is 62.4. The van der Waals surface area contributed by atoms with Crippen LogP contribution in [0.2, 0.25) is 0 Å². The van der Waals surface area contributed by atoms with Gasteiger partial charge in [0, 0.05) is 19.3 Å². The Kier molecular flexibility index (Phi) is 45.1. The summed E-state index contributed by atoms with van der Waals surface area (Å²) in [5.41, 5.74) is 0. The number of ether oxygens (including phenoxy) is 3. The number of hydrogen-bond acceptors (Lipinski definition) is 6. The van der Waals surface area contributed by atoms with Crippen LogP contribution in [0.3, 0.4) is 0 Å². The fourth-order valence-corrected chi connectivity index (χ4v) is 6.29. The summed E-state index contributed by atoms with van der Waals surface area (Å²) in [5, 5.41) is 0. The molecule has 0 aromatic rings. The number of carbonyl (C=O) groups excluding carboxylic acids is 3. The number of rotatable bonds is 42. The van der Waals surface area contributed by atoms with Crippen LogP contribution in [0.1, 0.15) is 207 Å². The Balaban J connectivity index is 4.46. The average molecular weight is 833 g/mol. The van der Waals surface area contributed by atoms with Gasteiger partial charge in [0.15, 0.2) is 6.10 Å². The first-order valence-corrected chi connectivity index (χ1v) is 24.3. The van der Waals surface area contributed by atoms with E-state index >= 15 is 0 Å². The molecule has 6 nitrogen and oxygen atoms in total. The maximum atomic E-state index is 12.7. The van der Waals surface area contributed by atoms with Crippen molar-refractivity contribution in [3.05, 3.63) is 97.2 Å². The maximum absolute atomic E-state index is 12.7. The highest BCUT2D eigenvalue weighted by molar-refractivity contribution is 5.71. The van der Waals surface area contributed by atoms with Gasteiger partial charge in [-0.15, -0.1) is 0 Å². The van der Waals surface area contributed by atoms with Crippen molar-refractivity contribution in [1.82, 2.24) is 0 Å². The summed E-state index contributed by atoms with van der Waals surface area (Å²) in [6, 6.07) is 0. The Morgan fingerprint density at radius 2 is 0.717 bits per heavy atom. The Bertz CT molecular complexity index is 1230. The molecule has 0 saturated heterocycles. The SMILES string of the molecule is CC/C=C\C/C=C\CCCCCCCC(=O)OCC(COC(=O)CCCCCCC\C=C/C=C\C=C/C=C\CCCCC)OC(=O)CCCCCCC/C=C\C/C=C\CC. The fourth-order valence-electron chi connectivity index (χ4n) is 6.29.